The number of aromatic nitrogens is 3. The number of hydrogen-bond acceptors (Lipinski definition) is 7. The van der Waals surface area contributed by atoms with Gasteiger partial charge in [-0.15, -0.1) is 0 Å². The molecular formula is C15H14N6O2. The number of nitrogens with zero attached hydrogens (tertiary/aromatic N) is 4. The van der Waals surface area contributed by atoms with E-state index in [0.717, 1.165) is 12.0 Å². The van der Waals surface area contributed by atoms with Crippen molar-refractivity contribution in [3.8, 4) is 0 Å². The summed E-state index contributed by atoms with van der Waals surface area (Å²) in [6.07, 6.45) is 4.01. The quantitative estimate of drug-likeness (QED) is 0.547. The van der Waals surface area contributed by atoms with Crippen molar-refractivity contribution in [2.75, 3.05) is 17.6 Å². The molecule has 0 bridgehead atoms. The first-order valence-electron chi connectivity index (χ1n) is 6.97. The molecular weight excluding hydrogens is 296 g/mol. The van der Waals surface area contributed by atoms with Crippen LogP contribution in [0, 0.1) is 10.1 Å². The summed E-state index contributed by atoms with van der Waals surface area (Å²) in [5.74, 6) is 1.11. The number of nitro groups is 1. The number of nitrogen functional groups attached to an aromatic ring is 1. The zero-order valence-electron chi connectivity index (χ0n) is 12.1. The van der Waals surface area contributed by atoms with Crippen LogP contribution < -0.4 is 11.1 Å². The van der Waals surface area contributed by atoms with E-state index in [1.165, 1.54) is 12.1 Å². The van der Waals surface area contributed by atoms with Gasteiger partial charge in [-0.1, -0.05) is 0 Å². The van der Waals surface area contributed by atoms with Gasteiger partial charge in [0, 0.05) is 24.9 Å². The zero-order chi connectivity index (χ0) is 16.2. The number of pyridine rings is 1. The highest BCUT2D eigenvalue weighted by molar-refractivity contribution is 5.78. The molecule has 0 aliphatic rings. The van der Waals surface area contributed by atoms with E-state index in [2.05, 4.69) is 20.3 Å². The van der Waals surface area contributed by atoms with Crippen molar-refractivity contribution in [1.29, 1.82) is 0 Å². The molecule has 0 aliphatic carbocycles. The zero-order valence-corrected chi connectivity index (χ0v) is 12.1. The van der Waals surface area contributed by atoms with Crippen molar-refractivity contribution in [3.05, 3.63) is 58.4 Å². The van der Waals surface area contributed by atoms with Crippen LogP contribution in [0.4, 0.5) is 17.3 Å². The Morgan fingerprint density at radius 3 is 2.83 bits per heavy atom. The Kier molecular flexibility index (Phi) is 3.96. The van der Waals surface area contributed by atoms with Crippen LogP contribution in [0.1, 0.15) is 5.56 Å². The van der Waals surface area contributed by atoms with E-state index >= 15 is 0 Å². The summed E-state index contributed by atoms with van der Waals surface area (Å²) in [5, 5.41) is 13.9. The molecule has 8 nitrogen and oxygen atoms in total. The van der Waals surface area contributed by atoms with Crippen molar-refractivity contribution in [3.63, 3.8) is 0 Å². The summed E-state index contributed by atoms with van der Waals surface area (Å²) in [7, 11) is 0. The number of nitrogens with one attached hydrogen (secondary N) is 1. The number of non-ortho nitro benzene ring substituents is 1. The van der Waals surface area contributed by atoms with Crippen LogP contribution in [0.2, 0.25) is 0 Å². The second kappa shape index (κ2) is 6.22. The van der Waals surface area contributed by atoms with Crippen LogP contribution >= 0.6 is 0 Å². The molecule has 0 spiro atoms. The number of rotatable bonds is 5. The summed E-state index contributed by atoms with van der Waals surface area (Å²) in [6, 6.07) is 8.15. The molecule has 3 aromatic rings. The normalized spacial score (nSPS) is 10.6. The molecule has 0 radical (unpaired) electrons. The molecule has 2 aromatic heterocycles. The molecule has 2 heterocycles. The first-order valence-corrected chi connectivity index (χ1v) is 6.97. The van der Waals surface area contributed by atoms with Crippen LogP contribution in [-0.2, 0) is 6.42 Å². The maximum atomic E-state index is 10.7. The van der Waals surface area contributed by atoms with Gasteiger partial charge in [-0.05, 0) is 30.2 Å². The molecule has 1 aromatic carbocycles. The number of nitrogens with two attached hydrogens (primary N) is 1. The molecule has 3 rings (SSSR count). The monoisotopic (exact) mass is 310 g/mol. The van der Waals surface area contributed by atoms with Crippen LogP contribution in [0.3, 0.4) is 0 Å². The Balaban J connectivity index is 1.68. The fourth-order valence-corrected chi connectivity index (χ4v) is 2.18. The Morgan fingerprint density at radius 2 is 2.04 bits per heavy atom. The second-order valence-corrected chi connectivity index (χ2v) is 4.95. The van der Waals surface area contributed by atoms with E-state index < -0.39 is 4.92 Å². The molecule has 0 atom stereocenters. The topological polar surface area (TPSA) is 120 Å². The average molecular weight is 310 g/mol. The van der Waals surface area contributed by atoms with Gasteiger partial charge in [-0.3, -0.25) is 15.1 Å². The highest BCUT2D eigenvalue weighted by Crippen LogP contribution is 2.18. The summed E-state index contributed by atoms with van der Waals surface area (Å²) in [5.41, 5.74) is 7.81. The van der Waals surface area contributed by atoms with Gasteiger partial charge in [0.05, 0.1) is 22.2 Å². The molecule has 8 heteroatoms. The lowest BCUT2D eigenvalue weighted by molar-refractivity contribution is -0.384. The summed E-state index contributed by atoms with van der Waals surface area (Å²) < 4.78 is 0. The van der Waals surface area contributed by atoms with Gasteiger partial charge < -0.3 is 11.1 Å². The minimum absolute atomic E-state index is 0.00258. The predicted octanol–water partition coefficient (Wildman–Crippen LogP) is 2.17. The smallest absolute Gasteiger partial charge is 0.271 e. The minimum Gasteiger partial charge on any atom is -0.384 e. The standard InChI is InChI=1S/C15H14N6O2/c16-14-7-10(3-5-17-14)4-6-18-15-9-19-13-8-11(21(22)23)1-2-12(13)20-15/h1-3,5,7-9H,4,6H2,(H2,16,17)(H,18,20). The van der Waals surface area contributed by atoms with Gasteiger partial charge in [0.2, 0.25) is 0 Å². The summed E-state index contributed by atoms with van der Waals surface area (Å²) in [4.78, 5) is 22.8. The Morgan fingerprint density at radius 1 is 1.17 bits per heavy atom. The van der Waals surface area contributed by atoms with Crippen molar-refractivity contribution in [2.24, 2.45) is 0 Å². The first kappa shape index (κ1) is 14.6. The molecule has 0 saturated heterocycles. The van der Waals surface area contributed by atoms with Crippen molar-refractivity contribution in [2.45, 2.75) is 6.42 Å². The van der Waals surface area contributed by atoms with E-state index in [0.29, 0.717) is 29.2 Å². The third-order valence-corrected chi connectivity index (χ3v) is 3.30. The van der Waals surface area contributed by atoms with Gasteiger partial charge in [-0.2, -0.15) is 0 Å². The van der Waals surface area contributed by atoms with Crippen LogP contribution in [0.5, 0.6) is 0 Å². The lowest BCUT2D eigenvalue weighted by atomic mass is 10.2. The van der Waals surface area contributed by atoms with E-state index in [1.807, 2.05) is 12.1 Å². The van der Waals surface area contributed by atoms with E-state index in [1.54, 1.807) is 18.5 Å². The largest absolute Gasteiger partial charge is 0.384 e. The molecule has 116 valence electrons. The second-order valence-electron chi connectivity index (χ2n) is 4.95. The van der Waals surface area contributed by atoms with E-state index in [-0.39, 0.29) is 5.69 Å². The first-order chi connectivity index (χ1) is 11.1. The van der Waals surface area contributed by atoms with Crippen molar-refractivity contribution >= 4 is 28.4 Å². The molecule has 0 amide bonds. The van der Waals surface area contributed by atoms with Gasteiger partial charge in [0.15, 0.2) is 0 Å². The summed E-state index contributed by atoms with van der Waals surface area (Å²) in [6.45, 7) is 0.663. The molecule has 23 heavy (non-hydrogen) atoms. The maximum absolute atomic E-state index is 10.7. The number of hydrogen-bond donors (Lipinski definition) is 2. The average Bonchev–Trinajstić information content (AvgIpc) is 2.54. The van der Waals surface area contributed by atoms with E-state index in [4.69, 9.17) is 5.73 Å². The minimum atomic E-state index is -0.451. The molecule has 0 saturated carbocycles. The third-order valence-electron chi connectivity index (χ3n) is 3.30. The number of benzene rings is 1. The van der Waals surface area contributed by atoms with Crippen LogP contribution in [0.15, 0.2) is 42.7 Å². The highest BCUT2D eigenvalue weighted by Gasteiger charge is 2.08. The fraction of sp³-hybridized carbons (Fsp3) is 0.133. The Hall–Kier alpha value is -3.29. The predicted molar refractivity (Wildman–Crippen MR) is 87.0 cm³/mol. The van der Waals surface area contributed by atoms with Crippen molar-refractivity contribution < 1.29 is 4.92 Å². The molecule has 0 unspecified atom stereocenters. The SMILES string of the molecule is Nc1cc(CCNc2cnc3cc([N+](=O)[O-])ccc3n2)ccn1. The lowest BCUT2D eigenvalue weighted by Crippen LogP contribution is -2.07. The van der Waals surface area contributed by atoms with Crippen molar-refractivity contribution in [1.82, 2.24) is 15.0 Å². The molecule has 0 aliphatic heterocycles. The number of nitro benzene ring substituents is 1. The maximum Gasteiger partial charge on any atom is 0.271 e. The highest BCUT2D eigenvalue weighted by atomic mass is 16.6. The Bertz CT molecular complexity index is 867. The van der Waals surface area contributed by atoms with Gasteiger partial charge in [-0.25, -0.2) is 9.97 Å². The molecule has 3 N–H and O–H groups in total. The van der Waals surface area contributed by atoms with E-state index in [9.17, 15) is 10.1 Å². The summed E-state index contributed by atoms with van der Waals surface area (Å²) >= 11 is 0. The van der Waals surface area contributed by atoms with Gasteiger partial charge >= 0.3 is 0 Å². The number of anilines is 2. The lowest BCUT2D eigenvalue weighted by Gasteiger charge is -2.06. The fourth-order valence-electron chi connectivity index (χ4n) is 2.18. The van der Waals surface area contributed by atoms with Crippen LogP contribution in [-0.4, -0.2) is 26.4 Å². The third kappa shape index (κ3) is 3.49. The number of fused-ring (bicyclic) bond motifs is 1. The Labute approximate surface area is 131 Å². The van der Waals surface area contributed by atoms with Crippen LogP contribution in [0.25, 0.3) is 11.0 Å². The van der Waals surface area contributed by atoms with Gasteiger partial charge in [0.25, 0.3) is 5.69 Å². The van der Waals surface area contributed by atoms with Gasteiger partial charge in [0.1, 0.15) is 11.6 Å². The molecule has 0 fully saturated rings.